The van der Waals surface area contributed by atoms with E-state index in [1.807, 2.05) is 19.9 Å². The molecular weight excluding hydrogens is 306 g/mol. The first-order valence-corrected chi connectivity index (χ1v) is 8.62. The Morgan fingerprint density at radius 3 is 2.46 bits per heavy atom. The molecule has 1 aliphatic carbocycles. The van der Waals surface area contributed by atoms with Gasteiger partial charge in [-0.15, -0.1) is 0 Å². The summed E-state index contributed by atoms with van der Waals surface area (Å²) in [4.78, 5) is 14.2. The molecule has 132 valence electrons. The van der Waals surface area contributed by atoms with E-state index in [4.69, 9.17) is 14.2 Å². The van der Waals surface area contributed by atoms with Gasteiger partial charge in [0.2, 0.25) is 0 Å². The number of benzene rings is 1. The maximum atomic E-state index is 11.9. The Morgan fingerprint density at radius 1 is 1.21 bits per heavy atom. The van der Waals surface area contributed by atoms with Crippen LogP contribution in [0.5, 0.6) is 11.5 Å². The quantitative estimate of drug-likeness (QED) is 0.794. The third-order valence-corrected chi connectivity index (χ3v) is 5.56. The molecule has 2 aliphatic rings. The van der Waals surface area contributed by atoms with Crippen LogP contribution in [-0.4, -0.2) is 43.9 Å². The van der Waals surface area contributed by atoms with Crippen molar-refractivity contribution in [2.24, 2.45) is 5.92 Å². The Bertz CT molecular complexity index is 634. The predicted molar refractivity (Wildman–Crippen MR) is 91.6 cm³/mol. The number of fused-ring (bicyclic) bond motifs is 1. The molecule has 0 saturated heterocycles. The molecule has 1 saturated carbocycles. The van der Waals surface area contributed by atoms with Crippen molar-refractivity contribution < 1.29 is 19.0 Å². The van der Waals surface area contributed by atoms with Crippen molar-refractivity contribution in [3.8, 4) is 11.5 Å². The van der Waals surface area contributed by atoms with Gasteiger partial charge in [0, 0.05) is 24.4 Å². The molecule has 1 aromatic rings. The first-order chi connectivity index (χ1) is 11.4. The molecule has 0 spiro atoms. The van der Waals surface area contributed by atoms with Gasteiger partial charge in [-0.2, -0.15) is 0 Å². The van der Waals surface area contributed by atoms with Crippen LogP contribution in [0.4, 0.5) is 0 Å². The van der Waals surface area contributed by atoms with E-state index in [1.54, 1.807) is 6.07 Å². The molecule has 24 heavy (non-hydrogen) atoms. The van der Waals surface area contributed by atoms with E-state index in [0.717, 1.165) is 37.0 Å². The smallest absolute Gasteiger partial charge is 0.338 e. The van der Waals surface area contributed by atoms with Crippen LogP contribution in [-0.2, 0) is 4.74 Å². The van der Waals surface area contributed by atoms with Crippen molar-refractivity contribution in [2.75, 3.05) is 21.2 Å². The molecule has 1 aromatic carbocycles. The molecule has 1 atom stereocenters. The molecule has 1 heterocycles. The van der Waals surface area contributed by atoms with Gasteiger partial charge in [0.25, 0.3) is 5.79 Å². The summed E-state index contributed by atoms with van der Waals surface area (Å²) in [6.45, 7) is 3.90. The molecule has 1 fully saturated rings. The minimum absolute atomic E-state index is 0.348. The Kier molecular flexibility index (Phi) is 4.47. The van der Waals surface area contributed by atoms with Gasteiger partial charge in [0.05, 0.1) is 12.7 Å². The van der Waals surface area contributed by atoms with Gasteiger partial charge < -0.3 is 19.1 Å². The number of esters is 1. The molecule has 5 heteroatoms. The summed E-state index contributed by atoms with van der Waals surface area (Å²) < 4.78 is 17.3. The second-order valence-electron chi connectivity index (χ2n) is 7.25. The molecule has 5 nitrogen and oxygen atoms in total. The Hall–Kier alpha value is -1.75. The van der Waals surface area contributed by atoms with Crippen LogP contribution in [0.2, 0.25) is 0 Å². The zero-order valence-electron chi connectivity index (χ0n) is 15.2. The summed E-state index contributed by atoms with van der Waals surface area (Å²) in [5.74, 6) is 0.743. The maximum Gasteiger partial charge on any atom is 0.338 e. The van der Waals surface area contributed by atoms with Crippen LogP contribution in [0.15, 0.2) is 12.1 Å². The lowest BCUT2D eigenvalue weighted by molar-refractivity contribution is -0.123. The fourth-order valence-electron chi connectivity index (χ4n) is 3.93. The van der Waals surface area contributed by atoms with E-state index >= 15 is 0 Å². The van der Waals surface area contributed by atoms with Crippen molar-refractivity contribution in [2.45, 2.75) is 51.4 Å². The van der Waals surface area contributed by atoms with E-state index in [2.05, 4.69) is 19.0 Å². The number of ether oxygens (including phenoxy) is 3. The van der Waals surface area contributed by atoms with Gasteiger partial charge in [0.1, 0.15) is 0 Å². The lowest BCUT2D eigenvalue weighted by Crippen LogP contribution is -2.46. The average Bonchev–Trinajstić information content (AvgIpc) is 2.93. The molecule has 0 bridgehead atoms. The largest absolute Gasteiger partial charge is 0.465 e. The number of hydrogen-bond acceptors (Lipinski definition) is 5. The average molecular weight is 333 g/mol. The summed E-state index contributed by atoms with van der Waals surface area (Å²) in [6, 6.07) is 4.20. The molecule has 0 aromatic heterocycles. The Balaban J connectivity index is 1.78. The minimum atomic E-state index is -0.654. The first-order valence-electron chi connectivity index (χ1n) is 8.62. The van der Waals surface area contributed by atoms with E-state index < -0.39 is 5.79 Å². The van der Waals surface area contributed by atoms with Gasteiger partial charge >= 0.3 is 5.97 Å². The molecular formula is C19H27NO4. The maximum absolute atomic E-state index is 11.9. The van der Waals surface area contributed by atoms with E-state index in [0.29, 0.717) is 23.3 Å². The number of methoxy groups -OCH3 is 1. The van der Waals surface area contributed by atoms with Crippen molar-refractivity contribution in [1.29, 1.82) is 0 Å². The van der Waals surface area contributed by atoms with Gasteiger partial charge in [0.15, 0.2) is 11.5 Å². The van der Waals surface area contributed by atoms with E-state index in [-0.39, 0.29) is 5.97 Å². The van der Waals surface area contributed by atoms with Crippen molar-refractivity contribution >= 4 is 5.97 Å². The van der Waals surface area contributed by atoms with Gasteiger partial charge in [-0.25, -0.2) is 4.79 Å². The van der Waals surface area contributed by atoms with Gasteiger partial charge in [-0.3, -0.25) is 0 Å². The summed E-state index contributed by atoms with van der Waals surface area (Å²) >= 11 is 0. The summed E-state index contributed by atoms with van der Waals surface area (Å²) in [5, 5.41) is 0. The second kappa shape index (κ2) is 6.28. The number of rotatable bonds is 3. The summed E-state index contributed by atoms with van der Waals surface area (Å²) in [5.41, 5.74) is 1.31. The van der Waals surface area contributed by atoms with Crippen molar-refractivity contribution in [3.05, 3.63) is 23.3 Å². The lowest BCUT2D eigenvalue weighted by atomic mass is 9.81. The molecule has 3 rings (SSSR count). The first kappa shape index (κ1) is 17.1. The van der Waals surface area contributed by atoms with Crippen LogP contribution in [0, 0.1) is 12.8 Å². The number of nitrogens with zero attached hydrogens (tertiary/aromatic N) is 1. The Morgan fingerprint density at radius 2 is 1.88 bits per heavy atom. The van der Waals surface area contributed by atoms with Crippen LogP contribution in [0.25, 0.3) is 0 Å². The van der Waals surface area contributed by atoms with Crippen LogP contribution in [0.1, 0.15) is 48.5 Å². The van der Waals surface area contributed by atoms with Crippen LogP contribution < -0.4 is 9.47 Å². The standard InChI is InChI=1S/C19H27NO4/c1-12-15(18(21)22-5)10-11-16-17(12)24-19(2,23-16)13-6-8-14(9-7-13)20(3)4/h10-11,13-14H,6-9H2,1-5H3/t13-,14-,19?. The highest BCUT2D eigenvalue weighted by Gasteiger charge is 2.46. The molecule has 0 amide bonds. The molecule has 1 unspecified atom stereocenters. The second-order valence-corrected chi connectivity index (χ2v) is 7.25. The monoisotopic (exact) mass is 333 g/mol. The lowest BCUT2D eigenvalue weighted by Gasteiger charge is -2.39. The minimum Gasteiger partial charge on any atom is -0.465 e. The highest BCUT2D eigenvalue weighted by Crippen LogP contribution is 2.48. The topological polar surface area (TPSA) is 48.0 Å². The third kappa shape index (κ3) is 2.86. The SMILES string of the molecule is COC(=O)c1ccc2c(c1C)OC(C)([C@H]1CC[C@H](N(C)C)CC1)O2. The number of carbonyl (C=O) groups is 1. The number of hydrogen-bond donors (Lipinski definition) is 0. The fourth-order valence-corrected chi connectivity index (χ4v) is 3.93. The van der Waals surface area contributed by atoms with E-state index in [9.17, 15) is 4.79 Å². The van der Waals surface area contributed by atoms with Crippen molar-refractivity contribution in [1.82, 2.24) is 4.90 Å². The highest BCUT2D eigenvalue weighted by atomic mass is 16.7. The summed E-state index contributed by atoms with van der Waals surface area (Å²) in [6.07, 6.45) is 4.47. The molecule has 1 aliphatic heterocycles. The third-order valence-electron chi connectivity index (χ3n) is 5.56. The normalized spacial score (nSPS) is 28.9. The zero-order valence-corrected chi connectivity index (χ0v) is 15.2. The number of carbonyl (C=O) groups excluding carboxylic acids is 1. The molecule has 0 N–H and O–H groups in total. The molecule has 0 radical (unpaired) electrons. The Labute approximate surface area is 143 Å². The summed E-state index contributed by atoms with van der Waals surface area (Å²) in [7, 11) is 5.67. The van der Waals surface area contributed by atoms with Crippen molar-refractivity contribution in [3.63, 3.8) is 0 Å². The van der Waals surface area contributed by atoms with E-state index in [1.165, 1.54) is 7.11 Å². The zero-order chi connectivity index (χ0) is 17.5. The van der Waals surface area contributed by atoms with Crippen LogP contribution in [0.3, 0.4) is 0 Å². The highest BCUT2D eigenvalue weighted by molar-refractivity contribution is 5.92. The van der Waals surface area contributed by atoms with Crippen LogP contribution >= 0.6 is 0 Å². The fraction of sp³-hybridized carbons (Fsp3) is 0.632. The van der Waals surface area contributed by atoms with Gasteiger partial charge in [-0.1, -0.05) is 0 Å². The van der Waals surface area contributed by atoms with Gasteiger partial charge in [-0.05, 0) is 58.8 Å². The predicted octanol–water partition coefficient (Wildman–Crippen LogP) is 3.39.